The Morgan fingerprint density at radius 1 is 1.18 bits per heavy atom. The van der Waals surface area contributed by atoms with E-state index in [4.69, 9.17) is 5.73 Å². The second-order valence-corrected chi connectivity index (χ2v) is 6.67. The molecule has 1 fully saturated rings. The summed E-state index contributed by atoms with van der Waals surface area (Å²) in [5.74, 6) is 1.52. The summed E-state index contributed by atoms with van der Waals surface area (Å²) in [6.07, 6.45) is 2.94. The van der Waals surface area contributed by atoms with Gasteiger partial charge in [-0.2, -0.15) is 0 Å². The minimum Gasteiger partial charge on any atom is -0.352 e. The molecule has 1 amide bonds. The first-order valence-electron chi connectivity index (χ1n) is 8.10. The molecule has 22 heavy (non-hydrogen) atoms. The van der Waals surface area contributed by atoms with Gasteiger partial charge in [-0.3, -0.25) is 4.79 Å². The molecule has 1 saturated carbocycles. The third-order valence-electron chi connectivity index (χ3n) is 4.46. The number of rotatable bonds is 7. The lowest BCUT2D eigenvalue weighted by atomic mass is 9.94. The van der Waals surface area contributed by atoms with E-state index in [0.717, 1.165) is 0 Å². The molecule has 0 bridgehead atoms. The van der Waals surface area contributed by atoms with Crippen LogP contribution in [0, 0.1) is 5.92 Å². The van der Waals surface area contributed by atoms with Gasteiger partial charge in [-0.1, -0.05) is 45.0 Å². The van der Waals surface area contributed by atoms with E-state index in [1.807, 2.05) is 0 Å². The van der Waals surface area contributed by atoms with Gasteiger partial charge in [0.1, 0.15) is 0 Å². The Kier molecular flexibility index (Phi) is 7.37. The highest BCUT2D eigenvalue weighted by atomic mass is 35.5. The maximum atomic E-state index is 12.1. The summed E-state index contributed by atoms with van der Waals surface area (Å²) in [7, 11) is 0. The van der Waals surface area contributed by atoms with E-state index in [-0.39, 0.29) is 30.3 Å². The van der Waals surface area contributed by atoms with Crippen LogP contribution in [0.5, 0.6) is 0 Å². The molecule has 0 radical (unpaired) electrons. The molecule has 0 aliphatic heterocycles. The van der Waals surface area contributed by atoms with Gasteiger partial charge in [0.15, 0.2) is 0 Å². The Hall–Kier alpha value is -1.06. The molecular formula is C18H29ClN2O. The van der Waals surface area contributed by atoms with E-state index < -0.39 is 0 Å². The maximum Gasteiger partial charge on any atom is 0.220 e. The van der Waals surface area contributed by atoms with E-state index >= 15 is 0 Å². The number of hydrogen-bond donors (Lipinski definition) is 2. The first-order valence-corrected chi connectivity index (χ1v) is 8.10. The van der Waals surface area contributed by atoms with Crippen LogP contribution >= 0.6 is 12.4 Å². The summed E-state index contributed by atoms with van der Waals surface area (Å²) in [5, 5.41) is 3.09. The Morgan fingerprint density at radius 2 is 1.73 bits per heavy atom. The fraction of sp³-hybridized carbons (Fsp3) is 0.611. The predicted octanol–water partition coefficient (Wildman–Crippen LogP) is 3.58. The second-order valence-electron chi connectivity index (χ2n) is 6.67. The normalized spacial score (nSPS) is 16.8. The van der Waals surface area contributed by atoms with Gasteiger partial charge in [0.2, 0.25) is 5.91 Å². The van der Waals surface area contributed by atoms with Crippen LogP contribution in [0.15, 0.2) is 24.3 Å². The summed E-state index contributed by atoms with van der Waals surface area (Å²) < 4.78 is 0. The summed E-state index contributed by atoms with van der Waals surface area (Å²) in [6.45, 7) is 7.04. The van der Waals surface area contributed by atoms with E-state index in [2.05, 4.69) is 50.4 Å². The Morgan fingerprint density at radius 3 is 2.18 bits per heavy atom. The topological polar surface area (TPSA) is 55.1 Å². The maximum absolute atomic E-state index is 12.1. The third-order valence-corrected chi connectivity index (χ3v) is 4.46. The number of benzene rings is 1. The van der Waals surface area contributed by atoms with Crippen molar-refractivity contribution < 1.29 is 4.79 Å². The van der Waals surface area contributed by atoms with Gasteiger partial charge in [0.05, 0.1) is 0 Å². The van der Waals surface area contributed by atoms with Crippen LogP contribution in [0.4, 0.5) is 0 Å². The van der Waals surface area contributed by atoms with Crippen molar-refractivity contribution in [2.75, 3.05) is 6.54 Å². The summed E-state index contributed by atoms with van der Waals surface area (Å²) in [4.78, 5) is 12.1. The van der Waals surface area contributed by atoms with Crippen LogP contribution in [0.1, 0.15) is 63.0 Å². The predicted molar refractivity (Wildman–Crippen MR) is 94.5 cm³/mol. The first-order chi connectivity index (χ1) is 10.0. The van der Waals surface area contributed by atoms with Gasteiger partial charge in [-0.25, -0.2) is 0 Å². The summed E-state index contributed by atoms with van der Waals surface area (Å²) in [6, 6.07) is 8.80. The van der Waals surface area contributed by atoms with Crippen molar-refractivity contribution in [3.8, 4) is 0 Å². The van der Waals surface area contributed by atoms with Gasteiger partial charge in [-0.05, 0) is 41.7 Å². The van der Waals surface area contributed by atoms with E-state index in [9.17, 15) is 4.79 Å². The molecular weight excluding hydrogens is 296 g/mol. The van der Waals surface area contributed by atoms with Crippen molar-refractivity contribution in [1.82, 2.24) is 5.32 Å². The average Bonchev–Trinajstić information content (AvgIpc) is 3.29. The zero-order chi connectivity index (χ0) is 15.4. The number of hydrogen-bond acceptors (Lipinski definition) is 2. The third kappa shape index (κ3) is 5.29. The molecule has 4 heteroatoms. The minimum atomic E-state index is 0. The monoisotopic (exact) mass is 324 g/mol. The molecule has 124 valence electrons. The fourth-order valence-corrected chi connectivity index (χ4v) is 2.74. The number of nitrogens with one attached hydrogen (secondary N) is 1. The molecule has 2 rings (SSSR count). The Bertz CT molecular complexity index is 468. The van der Waals surface area contributed by atoms with Crippen molar-refractivity contribution in [2.45, 2.75) is 57.9 Å². The molecule has 1 aliphatic rings. The lowest BCUT2D eigenvalue weighted by Gasteiger charge is -2.18. The lowest BCUT2D eigenvalue weighted by Crippen LogP contribution is -2.42. The Labute approximate surface area is 140 Å². The molecule has 0 spiro atoms. The number of nitrogens with two attached hydrogens (primary N) is 1. The van der Waals surface area contributed by atoms with Gasteiger partial charge < -0.3 is 11.1 Å². The van der Waals surface area contributed by atoms with Gasteiger partial charge in [-0.15, -0.1) is 12.4 Å². The highest BCUT2D eigenvalue weighted by Crippen LogP contribution is 2.32. The number of carbonyl (C=O) groups is 1. The standard InChI is InChI=1S/C18H28N2O.ClH/c1-12(2)14-4-6-15(7-5-14)13(3)10-18(21)20-17(11-19)16-8-9-16;/h4-7,12-13,16-17H,8-11,19H2,1-3H3,(H,20,21);1H. The van der Waals surface area contributed by atoms with Crippen molar-refractivity contribution in [2.24, 2.45) is 11.7 Å². The highest BCUT2D eigenvalue weighted by Gasteiger charge is 2.31. The molecule has 0 heterocycles. The molecule has 3 N–H and O–H groups in total. The van der Waals surface area contributed by atoms with Crippen LogP contribution < -0.4 is 11.1 Å². The zero-order valence-corrected chi connectivity index (χ0v) is 14.7. The number of halogens is 1. The molecule has 1 aromatic rings. The Balaban J connectivity index is 0.00000242. The van der Waals surface area contributed by atoms with Crippen molar-refractivity contribution in [1.29, 1.82) is 0 Å². The van der Waals surface area contributed by atoms with Gasteiger partial charge in [0, 0.05) is 19.0 Å². The van der Waals surface area contributed by atoms with Crippen LogP contribution in [-0.2, 0) is 4.79 Å². The van der Waals surface area contributed by atoms with Gasteiger partial charge in [0.25, 0.3) is 0 Å². The minimum absolute atomic E-state index is 0. The van der Waals surface area contributed by atoms with E-state index in [1.165, 1.54) is 24.0 Å². The lowest BCUT2D eigenvalue weighted by molar-refractivity contribution is -0.122. The number of carbonyl (C=O) groups excluding carboxylic acids is 1. The van der Waals surface area contributed by atoms with E-state index in [1.54, 1.807) is 0 Å². The molecule has 2 atom stereocenters. The molecule has 1 aromatic carbocycles. The number of amides is 1. The van der Waals surface area contributed by atoms with Crippen LogP contribution in [0.2, 0.25) is 0 Å². The zero-order valence-electron chi connectivity index (χ0n) is 13.8. The van der Waals surface area contributed by atoms with Crippen molar-refractivity contribution in [3.05, 3.63) is 35.4 Å². The SMILES string of the molecule is CC(C)c1ccc(C(C)CC(=O)NC(CN)C2CC2)cc1.Cl. The first kappa shape index (κ1) is 19.0. The second kappa shape index (κ2) is 8.54. The van der Waals surface area contributed by atoms with Crippen molar-refractivity contribution >= 4 is 18.3 Å². The quantitative estimate of drug-likeness (QED) is 0.805. The van der Waals surface area contributed by atoms with E-state index in [0.29, 0.717) is 24.8 Å². The fourth-order valence-electron chi connectivity index (χ4n) is 2.74. The average molecular weight is 325 g/mol. The molecule has 1 aliphatic carbocycles. The summed E-state index contributed by atoms with van der Waals surface area (Å²) >= 11 is 0. The molecule has 0 saturated heterocycles. The smallest absolute Gasteiger partial charge is 0.220 e. The van der Waals surface area contributed by atoms with Crippen molar-refractivity contribution in [3.63, 3.8) is 0 Å². The largest absolute Gasteiger partial charge is 0.352 e. The molecule has 2 unspecified atom stereocenters. The van der Waals surface area contributed by atoms with Crippen LogP contribution in [0.3, 0.4) is 0 Å². The van der Waals surface area contributed by atoms with Crippen LogP contribution in [0.25, 0.3) is 0 Å². The molecule has 0 aromatic heterocycles. The van der Waals surface area contributed by atoms with Gasteiger partial charge >= 0.3 is 0 Å². The summed E-state index contributed by atoms with van der Waals surface area (Å²) in [5.41, 5.74) is 8.30. The van der Waals surface area contributed by atoms with Crippen LogP contribution in [-0.4, -0.2) is 18.5 Å². The highest BCUT2D eigenvalue weighted by molar-refractivity contribution is 5.85. The molecule has 3 nitrogen and oxygen atoms in total.